The van der Waals surface area contributed by atoms with E-state index in [-0.39, 0.29) is 11.1 Å². The van der Waals surface area contributed by atoms with Crippen LogP contribution in [-0.2, 0) is 39.8 Å². The first kappa shape index (κ1) is 23.4. The van der Waals surface area contributed by atoms with Crippen molar-refractivity contribution in [2.45, 2.75) is 9.74 Å². The van der Waals surface area contributed by atoms with Crippen molar-refractivity contribution in [3.8, 4) is 0 Å². The molecular formula is C16H20N2O8S3. The molecule has 0 bridgehead atoms. The third kappa shape index (κ3) is 4.83. The molecule has 13 heteroatoms. The van der Waals surface area contributed by atoms with Crippen molar-refractivity contribution in [2.75, 3.05) is 11.5 Å². The van der Waals surface area contributed by atoms with Crippen LogP contribution in [0.5, 0.6) is 0 Å². The Morgan fingerprint density at radius 1 is 0.621 bits per heavy atom. The van der Waals surface area contributed by atoms with Gasteiger partial charge in [-0.25, -0.2) is 8.42 Å². The molecule has 0 heterocycles. The van der Waals surface area contributed by atoms with E-state index in [0.29, 0.717) is 0 Å². The first-order valence-electron chi connectivity index (χ1n) is 7.96. The van der Waals surface area contributed by atoms with E-state index in [4.69, 9.17) is 11.5 Å². The van der Waals surface area contributed by atoms with E-state index >= 15 is 0 Å². The summed E-state index contributed by atoms with van der Waals surface area (Å²) in [6.45, 7) is 0. The molecule has 160 valence electrons. The van der Waals surface area contributed by atoms with E-state index in [2.05, 4.69) is 0 Å². The summed E-state index contributed by atoms with van der Waals surface area (Å²) in [6.07, 6.45) is 0. The molecule has 0 saturated carbocycles. The number of sulfone groups is 1. The zero-order valence-corrected chi connectivity index (χ0v) is 17.4. The SMILES string of the molecule is NC(CS(=O)(=O)CC(N)(c1ccccc1)S(=O)(=O)O)(c1ccccc1)S(=O)(=O)O. The molecule has 0 aliphatic rings. The molecule has 29 heavy (non-hydrogen) atoms. The monoisotopic (exact) mass is 464 g/mol. The van der Waals surface area contributed by atoms with E-state index in [1.807, 2.05) is 0 Å². The van der Waals surface area contributed by atoms with Gasteiger partial charge in [0.2, 0.25) is 0 Å². The summed E-state index contributed by atoms with van der Waals surface area (Å²) in [5, 5.41) is 0. The summed E-state index contributed by atoms with van der Waals surface area (Å²) in [6, 6.07) is 13.3. The quantitative estimate of drug-likeness (QED) is 0.380. The lowest BCUT2D eigenvalue weighted by Crippen LogP contribution is -2.55. The fraction of sp³-hybridized carbons (Fsp3) is 0.250. The van der Waals surface area contributed by atoms with Crippen LogP contribution in [0.1, 0.15) is 11.1 Å². The lowest BCUT2D eigenvalue weighted by Gasteiger charge is -2.30. The summed E-state index contributed by atoms with van der Waals surface area (Å²) < 4.78 is 92.5. The second-order valence-corrected chi connectivity index (χ2v) is 11.9. The lowest BCUT2D eigenvalue weighted by atomic mass is 10.1. The fourth-order valence-electron chi connectivity index (χ4n) is 2.76. The van der Waals surface area contributed by atoms with Crippen LogP contribution in [0, 0.1) is 0 Å². The van der Waals surface area contributed by atoms with Crippen molar-refractivity contribution in [3.63, 3.8) is 0 Å². The molecule has 2 aromatic rings. The highest BCUT2D eigenvalue weighted by Gasteiger charge is 2.50. The van der Waals surface area contributed by atoms with Gasteiger partial charge in [0.1, 0.15) is 0 Å². The molecule has 6 N–H and O–H groups in total. The molecule has 0 fully saturated rings. The molecule has 0 saturated heterocycles. The molecule has 2 unspecified atom stereocenters. The van der Waals surface area contributed by atoms with E-state index in [0.717, 1.165) is 0 Å². The van der Waals surface area contributed by atoms with Crippen molar-refractivity contribution in [1.29, 1.82) is 0 Å². The first-order chi connectivity index (χ1) is 13.1. The maximum Gasteiger partial charge on any atom is 0.289 e. The highest BCUT2D eigenvalue weighted by Crippen LogP contribution is 2.31. The van der Waals surface area contributed by atoms with Crippen molar-refractivity contribution < 1.29 is 34.4 Å². The average Bonchev–Trinajstić information content (AvgIpc) is 2.60. The van der Waals surface area contributed by atoms with Crippen LogP contribution in [0.25, 0.3) is 0 Å². The van der Waals surface area contributed by atoms with Gasteiger partial charge in [-0.2, -0.15) is 16.8 Å². The summed E-state index contributed by atoms with van der Waals surface area (Å²) >= 11 is 0. The highest BCUT2D eigenvalue weighted by atomic mass is 32.2. The van der Waals surface area contributed by atoms with Crippen LogP contribution in [0.2, 0.25) is 0 Å². The van der Waals surface area contributed by atoms with E-state index in [1.165, 1.54) is 60.7 Å². The van der Waals surface area contributed by atoms with Crippen LogP contribution in [0.3, 0.4) is 0 Å². The van der Waals surface area contributed by atoms with Gasteiger partial charge in [0.05, 0.1) is 11.5 Å². The van der Waals surface area contributed by atoms with Crippen molar-refractivity contribution in [3.05, 3.63) is 71.8 Å². The smallest absolute Gasteiger partial charge is 0.289 e. The summed E-state index contributed by atoms with van der Waals surface area (Å²) in [7, 11) is -15.0. The van der Waals surface area contributed by atoms with E-state index in [1.54, 1.807) is 0 Å². The van der Waals surface area contributed by atoms with Crippen LogP contribution in [0.4, 0.5) is 0 Å². The standard InChI is InChI=1S/C16H20N2O8S3/c17-15(28(21,22)23,13-7-3-1-4-8-13)11-27(19,20)12-16(18,29(24,25)26)14-9-5-2-6-10-14/h1-10H,11-12,17-18H2,(H,21,22,23)(H,24,25,26). The van der Waals surface area contributed by atoms with Gasteiger partial charge >= 0.3 is 0 Å². The predicted molar refractivity (Wildman–Crippen MR) is 106 cm³/mol. The Bertz CT molecular complexity index is 1090. The average molecular weight is 465 g/mol. The Morgan fingerprint density at radius 2 is 0.897 bits per heavy atom. The minimum Gasteiger partial charge on any atom is -0.306 e. The summed E-state index contributed by atoms with van der Waals surface area (Å²) in [5.74, 6) is -2.77. The Hall–Kier alpha value is -1.87. The molecule has 0 aliphatic heterocycles. The second kappa shape index (κ2) is 7.75. The van der Waals surface area contributed by atoms with Crippen molar-refractivity contribution in [1.82, 2.24) is 0 Å². The molecule has 2 aromatic carbocycles. The lowest BCUT2D eigenvalue weighted by molar-refractivity contribution is 0.433. The maximum absolute atomic E-state index is 12.8. The first-order valence-corrected chi connectivity index (χ1v) is 12.7. The Balaban J connectivity index is 2.56. The fourth-order valence-corrected chi connectivity index (χ4v) is 7.64. The number of rotatable bonds is 8. The topological polar surface area (TPSA) is 195 Å². The largest absolute Gasteiger partial charge is 0.306 e. The highest BCUT2D eigenvalue weighted by molar-refractivity contribution is 7.95. The zero-order valence-electron chi connectivity index (χ0n) is 14.9. The molecule has 0 aromatic heterocycles. The van der Waals surface area contributed by atoms with Crippen LogP contribution in [0.15, 0.2) is 60.7 Å². The molecular weight excluding hydrogens is 444 g/mol. The summed E-state index contributed by atoms with van der Waals surface area (Å²) in [4.78, 5) is -5.58. The molecule has 0 aliphatic carbocycles. The third-order valence-corrected chi connectivity index (χ3v) is 9.07. The van der Waals surface area contributed by atoms with Gasteiger partial charge in [0.15, 0.2) is 19.6 Å². The van der Waals surface area contributed by atoms with Crippen LogP contribution < -0.4 is 11.5 Å². The van der Waals surface area contributed by atoms with Gasteiger partial charge in [-0.15, -0.1) is 0 Å². The minimum absolute atomic E-state index is 0.236. The maximum atomic E-state index is 12.8. The minimum atomic E-state index is -5.16. The molecule has 0 spiro atoms. The number of hydrogen-bond donors (Lipinski definition) is 4. The Kier molecular flexibility index (Phi) is 6.26. The van der Waals surface area contributed by atoms with Gasteiger partial charge in [0, 0.05) is 0 Å². The van der Waals surface area contributed by atoms with Gasteiger partial charge < -0.3 is 11.5 Å². The van der Waals surface area contributed by atoms with Gasteiger partial charge in [-0.1, -0.05) is 60.7 Å². The molecule has 0 amide bonds. The second-order valence-electron chi connectivity index (χ2n) is 6.49. The Labute approximate surface area is 169 Å². The number of benzene rings is 2. The van der Waals surface area contributed by atoms with E-state index in [9.17, 15) is 34.4 Å². The number of nitrogens with two attached hydrogens (primary N) is 2. The predicted octanol–water partition coefficient (Wildman–Crippen LogP) is -0.200. The van der Waals surface area contributed by atoms with Crippen LogP contribution in [-0.4, -0.2) is 45.9 Å². The molecule has 0 radical (unpaired) electrons. The van der Waals surface area contributed by atoms with Crippen molar-refractivity contribution >= 4 is 30.1 Å². The van der Waals surface area contributed by atoms with E-state index < -0.39 is 51.3 Å². The third-order valence-electron chi connectivity index (χ3n) is 4.31. The van der Waals surface area contributed by atoms with Crippen LogP contribution >= 0.6 is 0 Å². The van der Waals surface area contributed by atoms with Gasteiger partial charge in [-0.05, 0) is 11.1 Å². The molecule has 2 rings (SSSR count). The Morgan fingerprint density at radius 3 is 1.14 bits per heavy atom. The number of hydrogen-bond acceptors (Lipinski definition) is 8. The summed E-state index contributed by atoms with van der Waals surface area (Å²) in [5.41, 5.74) is 11.1. The molecule has 10 nitrogen and oxygen atoms in total. The normalized spacial score (nSPS) is 17.2. The van der Waals surface area contributed by atoms with Crippen molar-refractivity contribution in [2.24, 2.45) is 11.5 Å². The van der Waals surface area contributed by atoms with Gasteiger partial charge in [0.25, 0.3) is 20.2 Å². The van der Waals surface area contributed by atoms with Gasteiger partial charge in [-0.3, -0.25) is 9.11 Å². The molecule has 2 atom stereocenters. The zero-order chi connectivity index (χ0) is 22.1.